The van der Waals surface area contributed by atoms with E-state index in [2.05, 4.69) is 0 Å². The van der Waals surface area contributed by atoms with Gasteiger partial charge in [0.25, 0.3) is 16.0 Å². The highest BCUT2D eigenvalue weighted by molar-refractivity contribution is 7.85. The van der Waals surface area contributed by atoms with Gasteiger partial charge in [0.1, 0.15) is 0 Å². The highest BCUT2D eigenvalue weighted by Gasteiger charge is 2.42. The van der Waals surface area contributed by atoms with Crippen LogP contribution in [0.15, 0.2) is 30.3 Å². The SMILES string of the molecule is COc1cc(C(=O)N2CCC(CCCS(=O)(=O)O)(c3ccc(F)c(F)c3)C2)cc(OC)c1OC. The zero-order valence-corrected chi connectivity index (χ0v) is 20.0. The largest absolute Gasteiger partial charge is 0.493 e. The second kappa shape index (κ2) is 10.1. The first kappa shape index (κ1) is 25.7. The van der Waals surface area contributed by atoms with Gasteiger partial charge in [0.05, 0.1) is 27.1 Å². The molecular formula is C23H27F2NO7S. The Kier molecular flexibility index (Phi) is 7.67. The maximum atomic E-state index is 14.0. The Morgan fingerprint density at radius 2 is 1.71 bits per heavy atom. The number of rotatable bonds is 9. The minimum absolute atomic E-state index is 0.0873. The molecule has 1 unspecified atom stereocenters. The Morgan fingerprint density at radius 1 is 1.06 bits per heavy atom. The Bertz CT molecular complexity index is 1150. The number of ether oxygens (including phenoxy) is 3. The summed E-state index contributed by atoms with van der Waals surface area (Å²) in [4.78, 5) is 14.9. The average Bonchev–Trinajstić information content (AvgIpc) is 3.23. The van der Waals surface area contributed by atoms with Crippen molar-refractivity contribution in [3.63, 3.8) is 0 Å². The van der Waals surface area contributed by atoms with Crippen LogP contribution in [0, 0.1) is 11.6 Å². The normalized spacial score (nSPS) is 18.1. The lowest BCUT2D eigenvalue weighted by Gasteiger charge is -2.30. The molecule has 0 bridgehead atoms. The smallest absolute Gasteiger partial charge is 0.264 e. The van der Waals surface area contributed by atoms with Crippen molar-refractivity contribution >= 4 is 16.0 Å². The molecule has 3 rings (SSSR count). The maximum absolute atomic E-state index is 14.0. The van der Waals surface area contributed by atoms with Gasteiger partial charge < -0.3 is 19.1 Å². The summed E-state index contributed by atoms with van der Waals surface area (Å²) in [5.74, 6) is -1.88. The minimum atomic E-state index is -4.19. The monoisotopic (exact) mass is 499 g/mol. The van der Waals surface area contributed by atoms with E-state index in [0.717, 1.165) is 12.1 Å². The molecule has 0 spiro atoms. The first-order valence-corrected chi connectivity index (χ1v) is 12.1. The summed E-state index contributed by atoms with van der Waals surface area (Å²) in [5.41, 5.74) is -0.0642. The molecule has 1 N–H and O–H groups in total. The molecule has 1 aliphatic rings. The Hall–Kier alpha value is -2.92. The van der Waals surface area contributed by atoms with E-state index in [0.29, 0.717) is 35.8 Å². The Labute approximate surface area is 197 Å². The Balaban J connectivity index is 1.93. The van der Waals surface area contributed by atoms with Crippen LogP contribution >= 0.6 is 0 Å². The number of hydrogen-bond donors (Lipinski definition) is 1. The van der Waals surface area contributed by atoms with Gasteiger partial charge >= 0.3 is 0 Å². The fourth-order valence-corrected chi connectivity index (χ4v) is 4.95. The van der Waals surface area contributed by atoms with Crippen LogP contribution < -0.4 is 14.2 Å². The summed E-state index contributed by atoms with van der Waals surface area (Å²) in [5, 5.41) is 0. The van der Waals surface area contributed by atoms with Gasteiger partial charge in [-0.3, -0.25) is 9.35 Å². The topological polar surface area (TPSA) is 102 Å². The molecule has 1 atom stereocenters. The molecule has 0 aliphatic carbocycles. The van der Waals surface area contributed by atoms with Crippen molar-refractivity contribution in [1.82, 2.24) is 4.90 Å². The molecule has 186 valence electrons. The van der Waals surface area contributed by atoms with Crippen LogP contribution in [0.4, 0.5) is 8.78 Å². The van der Waals surface area contributed by atoms with Crippen LogP contribution in [0.3, 0.4) is 0 Å². The van der Waals surface area contributed by atoms with Gasteiger partial charge in [-0.25, -0.2) is 8.78 Å². The number of nitrogens with zero attached hydrogens (tertiary/aromatic N) is 1. The molecule has 1 aliphatic heterocycles. The lowest BCUT2D eigenvalue weighted by Crippen LogP contribution is -2.35. The predicted molar refractivity (Wildman–Crippen MR) is 120 cm³/mol. The van der Waals surface area contributed by atoms with Gasteiger partial charge in [0, 0.05) is 24.1 Å². The van der Waals surface area contributed by atoms with E-state index in [4.69, 9.17) is 18.8 Å². The highest BCUT2D eigenvalue weighted by atomic mass is 32.2. The van der Waals surface area contributed by atoms with Crippen molar-refractivity contribution in [3.05, 3.63) is 53.1 Å². The predicted octanol–water partition coefficient (Wildman–Crippen LogP) is 3.44. The standard InChI is InChI=1S/C23H27F2NO7S/c1-31-19-11-15(12-20(32-2)21(19)33-3)22(27)26-9-8-23(14-26,7-4-10-34(28,29)30)16-5-6-17(24)18(25)13-16/h5-6,11-13H,4,7-10,14H2,1-3H3,(H,28,29,30). The van der Waals surface area contributed by atoms with Gasteiger partial charge in [-0.05, 0) is 49.1 Å². The molecule has 1 saturated heterocycles. The number of benzene rings is 2. The van der Waals surface area contributed by atoms with Crippen molar-refractivity contribution in [1.29, 1.82) is 0 Å². The third-order valence-electron chi connectivity index (χ3n) is 6.14. The third-order valence-corrected chi connectivity index (χ3v) is 6.95. The number of methoxy groups -OCH3 is 3. The molecule has 0 aromatic heterocycles. The average molecular weight is 500 g/mol. The van der Waals surface area contributed by atoms with E-state index >= 15 is 0 Å². The highest BCUT2D eigenvalue weighted by Crippen LogP contribution is 2.42. The van der Waals surface area contributed by atoms with Gasteiger partial charge in [0.15, 0.2) is 23.1 Å². The lowest BCUT2D eigenvalue weighted by molar-refractivity contribution is 0.0781. The zero-order valence-electron chi connectivity index (χ0n) is 19.1. The van der Waals surface area contributed by atoms with Crippen LogP contribution in [-0.2, 0) is 15.5 Å². The molecule has 2 aromatic carbocycles. The first-order valence-electron chi connectivity index (χ1n) is 10.5. The van der Waals surface area contributed by atoms with E-state index in [1.54, 1.807) is 4.90 Å². The first-order chi connectivity index (χ1) is 16.0. The summed E-state index contributed by atoms with van der Waals surface area (Å²) in [6.07, 6.45) is 0.737. The molecule has 11 heteroatoms. The molecule has 1 amide bonds. The van der Waals surface area contributed by atoms with E-state index in [-0.39, 0.29) is 30.9 Å². The third kappa shape index (κ3) is 5.41. The van der Waals surface area contributed by atoms with Crippen molar-refractivity contribution < 1.29 is 40.8 Å². The fourth-order valence-electron chi connectivity index (χ4n) is 4.44. The van der Waals surface area contributed by atoms with Crippen LogP contribution in [-0.4, -0.2) is 63.9 Å². The van der Waals surface area contributed by atoms with Crippen molar-refractivity contribution in [3.8, 4) is 17.2 Å². The van der Waals surface area contributed by atoms with Crippen LogP contribution in [0.1, 0.15) is 35.2 Å². The van der Waals surface area contributed by atoms with E-state index in [9.17, 15) is 22.0 Å². The molecule has 0 radical (unpaired) electrons. The van der Waals surface area contributed by atoms with Gasteiger partial charge in [-0.1, -0.05) is 6.07 Å². The second-order valence-electron chi connectivity index (χ2n) is 8.19. The van der Waals surface area contributed by atoms with E-state index < -0.39 is 32.9 Å². The number of likely N-dealkylation sites (tertiary alicyclic amines) is 1. The number of carbonyl (C=O) groups excluding carboxylic acids is 1. The summed E-state index contributed by atoms with van der Waals surface area (Å²) in [6, 6.07) is 6.59. The molecule has 1 fully saturated rings. The second-order valence-corrected chi connectivity index (χ2v) is 9.76. The van der Waals surface area contributed by atoms with Crippen LogP contribution in [0.5, 0.6) is 17.2 Å². The lowest BCUT2D eigenvalue weighted by atomic mass is 9.76. The molecule has 2 aromatic rings. The van der Waals surface area contributed by atoms with Crippen molar-refractivity contribution in [2.75, 3.05) is 40.2 Å². The number of amides is 1. The summed E-state index contributed by atoms with van der Waals surface area (Å²) >= 11 is 0. The minimum Gasteiger partial charge on any atom is -0.493 e. The van der Waals surface area contributed by atoms with Crippen molar-refractivity contribution in [2.24, 2.45) is 0 Å². The van der Waals surface area contributed by atoms with Gasteiger partial charge in [-0.2, -0.15) is 8.42 Å². The molecular weight excluding hydrogens is 472 g/mol. The maximum Gasteiger partial charge on any atom is 0.264 e. The van der Waals surface area contributed by atoms with Gasteiger partial charge in [0.2, 0.25) is 5.75 Å². The van der Waals surface area contributed by atoms with E-state index in [1.807, 2.05) is 0 Å². The molecule has 34 heavy (non-hydrogen) atoms. The molecule has 8 nitrogen and oxygen atoms in total. The Morgan fingerprint density at radius 3 is 2.24 bits per heavy atom. The zero-order chi connectivity index (χ0) is 25.1. The summed E-state index contributed by atoms with van der Waals surface area (Å²) in [6.45, 7) is 0.458. The number of hydrogen-bond acceptors (Lipinski definition) is 6. The van der Waals surface area contributed by atoms with Crippen LogP contribution in [0.2, 0.25) is 0 Å². The molecule has 1 heterocycles. The van der Waals surface area contributed by atoms with Crippen molar-refractivity contribution in [2.45, 2.75) is 24.7 Å². The van der Waals surface area contributed by atoms with Gasteiger partial charge in [-0.15, -0.1) is 0 Å². The molecule has 0 saturated carbocycles. The fraction of sp³-hybridized carbons (Fsp3) is 0.435. The van der Waals surface area contributed by atoms with E-state index in [1.165, 1.54) is 39.5 Å². The van der Waals surface area contributed by atoms with Crippen LogP contribution in [0.25, 0.3) is 0 Å². The number of carbonyl (C=O) groups is 1. The number of halogens is 2. The summed E-state index contributed by atoms with van der Waals surface area (Å²) < 4.78 is 75.1. The summed E-state index contributed by atoms with van der Waals surface area (Å²) in [7, 11) is 0.131. The quantitative estimate of drug-likeness (QED) is 0.528.